The Morgan fingerprint density at radius 2 is 1.67 bits per heavy atom. The molecule has 0 radical (unpaired) electrons. The number of para-hydroxylation sites is 1. The summed E-state index contributed by atoms with van der Waals surface area (Å²) >= 11 is 0. The van der Waals surface area contributed by atoms with E-state index in [1.807, 2.05) is 121 Å². The van der Waals surface area contributed by atoms with Crippen molar-refractivity contribution in [3.8, 4) is 11.5 Å². The minimum atomic E-state index is -1.30. The molecule has 1 aliphatic rings. The van der Waals surface area contributed by atoms with Gasteiger partial charge in [0.25, 0.3) is 5.91 Å². The van der Waals surface area contributed by atoms with Gasteiger partial charge >= 0.3 is 0 Å². The van der Waals surface area contributed by atoms with Gasteiger partial charge in [0.1, 0.15) is 11.5 Å². The van der Waals surface area contributed by atoms with Crippen LogP contribution in [0, 0.1) is 0 Å². The Hall–Kier alpha value is -4.92. The standard InChI is InChI=1S/C37H39N3O5/c1-43-33-18-9-8-15-29(33)23-25-38-40-36(42)37(24-10-14-28-12-4-2-5-13-28)34(30-16-6-3-7-17-30)45-35(39-37)31-19-21-32(22-20-31)44-27-11-26-41/h2-10,12-22,34,38,41H,11,23-27H2,1H3,(H,40,42)/b14-10+/t34-,37-/m0/s1. The van der Waals surface area contributed by atoms with Crippen LogP contribution in [0.1, 0.15) is 41.2 Å². The quantitative estimate of drug-likeness (QED) is 0.119. The Labute approximate surface area is 264 Å². The van der Waals surface area contributed by atoms with Gasteiger partial charge < -0.3 is 19.3 Å². The van der Waals surface area contributed by atoms with Crippen molar-refractivity contribution in [2.24, 2.45) is 4.99 Å². The van der Waals surface area contributed by atoms with Crippen LogP contribution in [0.2, 0.25) is 0 Å². The summed E-state index contributed by atoms with van der Waals surface area (Å²) in [7, 11) is 1.65. The van der Waals surface area contributed by atoms with E-state index in [4.69, 9.17) is 24.3 Å². The lowest BCUT2D eigenvalue weighted by Gasteiger charge is -2.29. The largest absolute Gasteiger partial charge is 0.496 e. The zero-order valence-electron chi connectivity index (χ0n) is 25.4. The number of amides is 1. The number of carbonyl (C=O) groups excluding carboxylic acids is 1. The fourth-order valence-corrected chi connectivity index (χ4v) is 5.24. The van der Waals surface area contributed by atoms with E-state index >= 15 is 0 Å². The average molecular weight is 606 g/mol. The highest BCUT2D eigenvalue weighted by atomic mass is 16.5. The minimum absolute atomic E-state index is 0.0712. The van der Waals surface area contributed by atoms with E-state index in [1.165, 1.54) is 0 Å². The molecule has 0 unspecified atom stereocenters. The van der Waals surface area contributed by atoms with Gasteiger partial charge in [-0.1, -0.05) is 91.0 Å². The maximum atomic E-state index is 14.2. The van der Waals surface area contributed by atoms with Gasteiger partial charge in [-0.05, 0) is 53.4 Å². The van der Waals surface area contributed by atoms with Gasteiger partial charge in [0.2, 0.25) is 5.90 Å². The van der Waals surface area contributed by atoms with Gasteiger partial charge in [-0.3, -0.25) is 10.2 Å². The zero-order valence-corrected chi connectivity index (χ0v) is 25.4. The Bertz CT molecular complexity index is 1570. The second-order valence-electron chi connectivity index (χ2n) is 10.7. The van der Waals surface area contributed by atoms with E-state index in [2.05, 4.69) is 10.9 Å². The van der Waals surface area contributed by atoms with E-state index in [9.17, 15) is 4.79 Å². The Balaban J connectivity index is 1.43. The third-order valence-electron chi connectivity index (χ3n) is 7.58. The molecule has 0 saturated carbocycles. The number of carbonyl (C=O) groups is 1. The Morgan fingerprint density at radius 3 is 2.40 bits per heavy atom. The number of hydrogen-bond donors (Lipinski definition) is 3. The van der Waals surface area contributed by atoms with Crippen LogP contribution < -0.4 is 20.3 Å². The predicted octanol–water partition coefficient (Wildman–Crippen LogP) is 5.68. The molecule has 0 bridgehead atoms. The molecule has 0 aromatic heterocycles. The lowest BCUT2D eigenvalue weighted by atomic mass is 9.84. The molecule has 3 N–H and O–H groups in total. The fourth-order valence-electron chi connectivity index (χ4n) is 5.24. The van der Waals surface area contributed by atoms with E-state index in [1.54, 1.807) is 7.11 Å². The van der Waals surface area contributed by atoms with Crippen LogP contribution in [0.3, 0.4) is 0 Å². The molecule has 2 atom stereocenters. The van der Waals surface area contributed by atoms with E-state index in [0.29, 0.717) is 44.1 Å². The summed E-state index contributed by atoms with van der Waals surface area (Å²) in [4.78, 5) is 19.3. The normalized spacial score (nSPS) is 17.5. The number of rotatable bonds is 15. The predicted molar refractivity (Wildman–Crippen MR) is 176 cm³/mol. The molecule has 5 rings (SSSR count). The average Bonchev–Trinajstić information content (AvgIpc) is 3.49. The van der Waals surface area contributed by atoms with Gasteiger partial charge in [-0.15, -0.1) is 0 Å². The fraction of sp³-hybridized carbons (Fsp3) is 0.243. The summed E-state index contributed by atoms with van der Waals surface area (Å²) in [6, 6.07) is 34.9. The lowest BCUT2D eigenvalue weighted by Crippen LogP contribution is -2.52. The number of aliphatic hydroxyl groups is 1. The van der Waals surface area contributed by atoms with E-state index in [-0.39, 0.29) is 12.5 Å². The highest BCUT2D eigenvalue weighted by Crippen LogP contribution is 2.43. The van der Waals surface area contributed by atoms with Gasteiger partial charge in [0.05, 0.1) is 13.7 Å². The molecule has 8 heteroatoms. The summed E-state index contributed by atoms with van der Waals surface area (Å²) in [5.74, 6) is 1.57. The SMILES string of the molecule is COc1ccccc1CCNNC(=O)[C@@]1(C/C=C/c2ccccc2)N=C(c2ccc(OCCCO)cc2)O[C@H]1c1ccccc1. The van der Waals surface area contributed by atoms with Gasteiger partial charge in [0, 0.05) is 31.6 Å². The summed E-state index contributed by atoms with van der Waals surface area (Å²) in [6.45, 7) is 0.986. The monoisotopic (exact) mass is 605 g/mol. The van der Waals surface area contributed by atoms with E-state index in [0.717, 1.165) is 28.0 Å². The van der Waals surface area contributed by atoms with Crippen molar-refractivity contribution >= 4 is 17.9 Å². The highest BCUT2D eigenvalue weighted by Gasteiger charge is 2.52. The first-order valence-electron chi connectivity index (χ1n) is 15.2. The second kappa shape index (κ2) is 15.7. The summed E-state index contributed by atoms with van der Waals surface area (Å²) < 4.78 is 17.7. The van der Waals surface area contributed by atoms with Crippen molar-refractivity contribution in [3.05, 3.63) is 138 Å². The molecule has 0 saturated heterocycles. The number of hydrazine groups is 1. The summed E-state index contributed by atoms with van der Waals surface area (Å²) in [5.41, 5.74) is 8.40. The maximum Gasteiger partial charge on any atom is 0.266 e. The first kappa shape index (κ1) is 31.5. The number of aliphatic hydroxyl groups excluding tert-OH is 1. The molecule has 1 heterocycles. The van der Waals surface area contributed by atoms with Crippen LogP contribution in [0.15, 0.2) is 120 Å². The number of benzene rings is 4. The van der Waals surface area contributed by atoms with Crippen LogP contribution in [-0.4, -0.2) is 49.3 Å². The van der Waals surface area contributed by atoms with Crippen LogP contribution in [-0.2, 0) is 16.0 Å². The van der Waals surface area contributed by atoms with Crippen LogP contribution in [0.5, 0.6) is 11.5 Å². The number of nitrogens with zero attached hydrogens (tertiary/aromatic N) is 1. The van der Waals surface area contributed by atoms with Crippen LogP contribution >= 0.6 is 0 Å². The van der Waals surface area contributed by atoms with Crippen molar-refractivity contribution in [2.75, 3.05) is 26.9 Å². The van der Waals surface area contributed by atoms with Crippen molar-refractivity contribution < 1.29 is 24.1 Å². The van der Waals surface area contributed by atoms with Gasteiger partial charge in [-0.2, -0.15) is 0 Å². The zero-order chi connectivity index (χ0) is 31.3. The lowest BCUT2D eigenvalue weighted by molar-refractivity contribution is -0.129. The molecule has 1 aliphatic heterocycles. The number of hydrogen-bond acceptors (Lipinski definition) is 7. The molecule has 4 aromatic carbocycles. The second-order valence-corrected chi connectivity index (χ2v) is 10.7. The topological polar surface area (TPSA) is 101 Å². The third-order valence-corrected chi connectivity index (χ3v) is 7.58. The number of aliphatic imine (C=N–C) groups is 1. The molecule has 0 fully saturated rings. The van der Waals surface area contributed by atoms with Crippen LogP contribution in [0.25, 0.3) is 6.08 Å². The summed E-state index contributed by atoms with van der Waals surface area (Å²) in [5, 5.41) is 9.05. The minimum Gasteiger partial charge on any atom is -0.496 e. The molecule has 45 heavy (non-hydrogen) atoms. The van der Waals surface area contributed by atoms with E-state index < -0.39 is 11.6 Å². The highest BCUT2D eigenvalue weighted by molar-refractivity contribution is 6.01. The van der Waals surface area contributed by atoms with Crippen molar-refractivity contribution in [1.82, 2.24) is 10.9 Å². The molecule has 0 spiro atoms. The van der Waals surface area contributed by atoms with Crippen LogP contribution in [0.4, 0.5) is 0 Å². The molecule has 4 aromatic rings. The van der Waals surface area contributed by atoms with Gasteiger partial charge in [-0.25, -0.2) is 10.4 Å². The Kier molecular flexibility index (Phi) is 11.0. The smallest absolute Gasteiger partial charge is 0.266 e. The number of methoxy groups -OCH3 is 1. The first-order chi connectivity index (χ1) is 22.1. The van der Waals surface area contributed by atoms with Crippen molar-refractivity contribution in [2.45, 2.75) is 30.9 Å². The molecule has 232 valence electrons. The molecule has 0 aliphatic carbocycles. The van der Waals surface area contributed by atoms with Crippen molar-refractivity contribution in [1.29, 1.82) is 0 Å². The number of nitrogens with one attached hydrogen (secondary N) is 2. The van der Waals surface area contributed by atoms with Crippen molar-refractivity contribution in [3.63, 3.8) is 0 Å². The molecule has 8 nitrogen and oxygen atoms in total. The maximum absolute atomic E-state index is 14.2. The molecular weight excluding hydrogens is 566 g/mol. The summed E-state index contributed by atoms with van der Waals surface area (Å²) in [6.07, 6.45) is 4.81. The third kappa shape index (κ3) is 7.98. The first-order valence-corrected chi connectivity index (χ1v) is 15.2. The molecule has 1 amide bonds. The molecular formula is C37H39N3O5. The number of ether oxygens (including phenoxy) is 3. The Morgan fingerprint density at radius 1 is 0.956 bits per heavy atom. The van der Waals surface area contributed by atoms with Gasteiger partial charge in [0.15, 0.2) is 11.6 Å².